The minimum atomic E-state index is 0.841. The smallest absolute Gasteiger partial charge is 0.114 e. The molecule has 0 saturated heterocycles. The van der Waals surface area contributed by atoms with Gasteiger partial charge >= 0.3 is 0 Å². The van der Waals surface area contributed by atoms with E-state index in [1.165, 1.54) is 65.3 Å². The molecule has 4 heteroatoms. The zero-order chi connectivity index (χ0) is 38.9. The number of nitrogens with zero attached hydrogens (tertiary/aromatic N) is 4. The van der Waals surface area contributed by atoms with Gasteiger partial charge in [-0.3, -0.25) is 4.98 Å². The Morgan fingerprint density at radius 1 is 0.322 bits per heavy atom. The Hall–Kier alpha value is -7.95. The number of rotatable bonds is 5. The van der Waals surface area contributed by atoms with Crippen LogP contribution in [0.1, 0.15) is 0 Å². The van der Waals surface area contributed by atoms with Crippen molar-refractivity contribution in [1.29, 1.82) is 0 Å². The fraction of sp³-hybridized carbons (Fsp3) is 0. The van der Waals surface area contributed by atoms with Crippen LogP contribution in [0.5, 0.6) is 0 Å². The van der Waals surface area contributed by atoms with Gasteiger partial charge in [-0.05, 0) is 130 Å². The minimum Gasteiger partial charge on any atom is -0.264 e. The van der Waals surface area contributed by atoms with Crippen molar-refractivity contribution in [1.82, 2.24) is 20.0 Å². The lowest BCUT2D eigenvalue weighted by molar-refractivity contribution is 0.771. The van der Waals surface area contributed by atoms with Crippen molar-refractivity contribution >= 4 is 64.9 Å². The topological polar surface area (TPSA) is 43.6 Å². The number of aromatic nitrogens is 4. The number of hydrogen-bond donors (Lipinski definition) is 0. The van der Waals surface area contributed by atoms with Crippen molar-refractivity contribution in [3.8, 4) is 50.2 Å². The second-order valence-corrected chi connectivity index (χ2v) is 15.3. The highest BCUT2D eigenvalue weighted by molar-refractivity contribution is 6.22. The summed E-state index contributed by atoms with van der Waals surface area (Å²) in [6.45, 7) is 0. The average molecular weight is 751 g/mol. The molecule has 0 saturated carbocycles. The lowest BCUT2D eigenvalue weighted by Gasteiger charge is -2.19. The fourth-order valence-corrected chi connectivity index (χ4v) is 9.10. The molecular formula is C55H34N4. The summed E-state index contributed by atoms with van der Waals surface area (Å²) in [5, 5.41) is 22.1. The Morgan fingerprint density at radius 2 is 0.881 bits per heavy atom. The molecule has 0 atom stereocenters. The van der Waals surface area contributed by atoms with Gasteiger partial charge in [0, 0.05) is 23.3 Å². The molecule has 2 heterocycles. The highest BCUT2D eigenvalue weighted by atomic mass is 15.5. The van der Waals surface area contributed by atoms with E-state index in [9.17, 15) is 0 Å². The molecule has 0 aliphatic rings. The number of pyridine rings is 1. The molecule has 0 bridgehead atoms. The number of benzene rings is 10. The molecule has 10 aromatic carbocycles. The van der Waals surface area contributed by atoms with Gasteiger partial charge in [-0.2, -0.15) is 0 Å². The van der Waals surface area contributed by atoms with Gasteiger partial charge in [0.2, 0.25) is 0 Å². The van der Waals surface area contributed by atoms with E-state index in [-0.39, 0.29) is 0 Å². The summed E-state index contributed by atoms with van der Waals surface area (Å²) in [6.07, 6.45) is 3.72. The maximum Gasteiger partial charge on any atom is 0.114 e. The normalized spacial score (nSPS) is 11.7. The third-order valence-corrected chi connectivity index (χ3v) is 11.9. The summed E-state index contributed by atoms with van der Waals surface area (Å²) in [5.74, 6) is 0. The van der Waals surface area contributed by atoms with Crippen LogP contribution < -0.4 is 0 Å². The predicted octanol–water partition coefficient (Wildman–Crippen LogP) is 14.2. The van der Waals surface area contributed by atoms with Gasteiger partial charge in [0.15, 0.2) is 0 Å². The molecule has 4 nitrogen and oxygen atoms in total. The van der Waals surface area contributed by atoms with Crippen LogP contribution in [0.2, 0.25) is 0 Å². The van der Waals surface area contributed by atoms with Crippen molar-refractivity contribution < 1.29 is 0 Å². The molecule has 2 aromatic heterocycles. The highest BCUT2D eigenvalue weighted by Gasteiger charge is 2.19. The van der Waals surface area contributed by atoms with E-state index in [0.29, 0.717) is 0 Å². The predicted molar refractivity (Wildman–Crippen MR) is 246 cm³/mol. The Bertz CT molecular complexity index is 3620. The first kappa shape index (κ1) is 33.2. The van der Waals surface area contributed by atoms with Gasteiger partial charge in [-0.25, -0.2) is 0 Å². The van der Waals surface area contributed by atoms with Crippen LogP contribution >= 0.6 is 0 Å². The first-order valence-electron chi connectivity index (χ1n) is 20.0. The summed E-state index contributed by atoms with van der Waals surface area (Å²) < 4.78 is 0. The van der Waals surface area contributed by atoms with Crippen LogP contribution in [0.25, 0.3) is 115 Å². The molecule has 12 aromatic rings. The van der Waals surface area contributed by atoms with Gasteiger partial charge in [-0.1, -0.05) is 152 Å². The summed E-state index contributed by atoms with van der Waals surface area (Å²) in [4.78, 5) is 6.15. The SMILES string of the molecule is c1cncc(-c2ccc(-n3nc4ccc(-c5ccc6c(-c7ccc8ccccc8c7)c7ccccc7c(-c7ccc8ccccc8c7)c6c5)cc4n3)c3ccccc23)c1. The highest BCUT2D eigenvalue weighted by Crippen LogP contribution is 2.46. The van der Waals surface area contributed by atoms with E-state index < -0.39 is 0 Å². The summed E-state index contributed by atoms with van der Waals surface area (Å²) in [6, 6.07) is 70.1. The fourth-order valence-electron chi connectivity index (χ4n) is 9.10. The zero-order valence-corrected chi connectivity index (χ0v) is 31.9. The van der Waals surface area contributed by atoms with E-state index in [1.807, 2.05) is 12.3 Å². The molecule has 0 N–H and O–H groups in total. The molecule has 0 amide bonds. The van der Waals surface area contributed by atoms with Crippen molar-refractivity contribution in [2.45, 2.75) is 0 Å². The summed E-state index contributed by atoms with van der Waals surface area (Å²) in [7, 11) is 0. The second-order valence-electron chi connectivity index (χ2n) is 15.3. The molecule has 0 radical (unpaired) electrons. The molecule has 274 valence electrons. The molecular weight excluding hydrogens is 717 g/mol. The Kier molecular flexibility index (Phi) is 7.50. The maximum atomic E-state index is 5.09. The quantitative estimate of drug-likeness (QED) is 0.165. The zero-order valence-electron chi connectivity index (χ0n) is 31.9. The van der Waals surface area contributed by atoms with Crippen LogP contribution in [0.15, 0.2) is 207 Å². The minimum absolute atomic E-state index is 0.841. The standard InChI is InChI=1S/C55H34N4/c1-3-12-37-30-41(21-19-35(37)10-1)54-47-17-7-8-18-48(47)55(42-22-20-36-11-2-4-13-38(36)31-42)50-32-39(23-25-49(50)54)40-24-27-51-52(33-40)58-59(57-51)53-28-26-44(43-14-9-29-56-34-43)45-15-5-6-16-46(45)53/h1-34H. The van der Waals surface area contributed by atoms with E-state index in [2.05, 4.69) is 193 Å². The van der Waals surface area contributed by atoms with Crippen molar-refractivity contribution in [2.24, 2.45) is 0 Å². The van der Waals surface area contributed by atoms with E-state index in [0.717, 1.165) is 49.7 Å². The molecule has 12 rings (SSSR count). The third-order valence-electron chi connectivity index (χ3n) is 11.9. The van der Waals surface area contributed by atoms with Gasteiger partial charge in [0.05, 0.1) is 5.69 Å². The van der Waals surface area contributed by atoms with Crippen LogP contribution in [-0.4, -0.2) is 20.0 Å². The van der Waals surface area contributed by atoms with Crippen LogP contribution in [0.4, 0.5) is 0 Å². The van der Waals surface area contributed by atoms with Gasteiger partial charge in [-0.15, -0.1) is 15.0 Å². The van der Waals surface area contributed by atoms with Crippen molar-refractivity contribution in [3.05, 3.63) is 207 Å². The maximum absolute atomic E-state index is 5.09. The molecule has 59 heavy (non-hydrogen) atoms. The monoisotopic (exact) mass is 750 g/mol. The molecule has 0 unspecified atom stereocenters. The van der Waals surface area contributed by atoms with Crippen molar-refractivity contribution in [2.75, 3.05) is 0 Å². The van der Waals surface area contributed by atoms with Crippen LogP contribution in [0, 0.1) is 0 Å². The first-order valence-corrected chi connectivity index (χ1v) is 20.0. The second kappa shape index (κ2) is 13.3. The van der Waals surface area contributed by atoms with E-state index in [1.54, 1.807) is 11.0 Å². The first-order chi connectivity index (χ1) is 29.2. The van der Waals surface area contributed by atoms with Crippen LogP contribution in [0.3, 0.4) is 0 Å². The Morgan fingerprint density at radius 3 is 1.58 bits per heavy atom. The summed E-state index contributed by atoms with van der Waals surface area (Å²) >= 11 is 0. The molecule has 0 aliphatic heterocycles. The average Bonchev–Trinajstić information content (AvgIpc) is 3.74. The number of hydrogen-bond acceptors (Lipinski definition) is 3. The Balaban J connectivity index is 1.05. The van der Waals surface area contributed by atoms with Crippen molar-refractivity contribution in [3.63, 3.8) is 0 Å². The van der Waals surface area contributed by atoms with E-state index >= 15 is 0 Å². The number of fused-ring (bicyclic) bond motifs is 6. The van der Waals surface area contributed by atoms with Gasteiger partial charge < -0.3 is 0 Å². The lowest BCUT2D eigenvalue weighted by atomic mass is 9.84. The third kappa shape index (κ3) is 5.49. The van der Waals surface area contributed by atoms with Gasteiger partial charge in [0.1, 0.15) is 11.0 Å². The summed E-state index contributed by atoms with van der Waals surface area (Å²) in [5.41, 5.74) is 11.9. The molecule has 0 spiro atoms. The van der Waals surface area contributed by atoms with Gasteiger partial charge in [0.25, 0.3) is 0 Å². The molecule has 0 aliphatic carbocycles. The Labute approximate surface area is 340 Å². The van der Waals surface area contributed by atoms with E-state index in [4.69, 9.17) is 10.2 Å². The largest absolute Gasteiger partial charge is 0.264 e. The van der Waals surface area contributed by atoms with Crippen LogP contribution in [-0.2, 0) is 0 Å². The molecule has 0 fully saturated rings. The lowest BCUT2D eigenvalue weighted by Crippen LogP contribution is -2.00.